The molecule has 0 fully saturated rings. The molecule has 0 amide bonds. The maximum absolute atomic E-state index is 6.24. The molecule has 1 aliphatic rings. The number of hydrogen-bond donors (Lipinski definition) is 1. The number of nitrogens with two attached hydrogens (primary N) is 1. The van der Waals surface area contributed by atoms with Crippen molar-refractivity contribution in [3.8, 4) is 0 Å². The van der Waals surface area contributed by atoms with Crippen molar-refractivity contribution >= 4 is 5.71 Å². The first-order valence-electron chi connectivity index (χ1n) is 7.42. The van der Waals surface area contributed by atoms with E-state index in [1.807, 2.05) is 38.8 Å². The second kappa shape index (κ2) is 7.02. The molecule has 1 aromatic heterocycles. The van der Waals surface area contributed by atoms with E-state index in [-0.39, 0.29) is 0 Å². The van der Waals surface area contributed by atoms with Gasteiger partial charge in [-0.05, 0) is 52.2 Å². The molecule has 0 radical (unpaired) electrons. The Morgan fingerprint density at radius 2 is 1.91 bits per heavy atom. The SMILES string of the molecule is CC(C)=C(N)N(/N=C(\C)c1cnc(C)nc1)C1=CC=CCC1. The summed E-state index contributed by atoms with van der Waals surface area (Å²) in [6.07, 6.45) is 11.7. The number of aryl methyl sites for hydroxylation is 1. The molecular formula is C17H23N5. The lowest BCUT2D eigenvalue weighted by molar-refractivity contribution is 0.424. The fourth-order valence-corrected chi connectivity index (χ4v) is 2.04. The highest BCUT2D eigenvalue weighted by atomic mass is 15.5. The fourth-order valence-electron chi connectivity index (χ4n) is 2.04. The van der Waals surface area contributed by atoms with Crippen LogP contribution in [-0.4, -0.2) is 20.7 Å². The normalized spacial score (nSPS) is 14.5. The van der Waals surface area contributed by atoms with Gasteiger partial charge in [-0.1, -0.05) is 12.2 Å². The lowest BCUT2D eigenvalue weighted by Gasteiger charge is -2.25. The minimum Gasteiger partial charge on any atom is -0.384 e. The molecule has 0 saturated carbocycles. The van der Waals surface area contributed by atoms with Crippen LogP contribution in [0.25, 0.3) is 0 Å². The number of hydrazone groups is 1. The fraction of sp³-hybridized carbons (Fsp3) is 0.353. The Morgan fingerprint density at radius 1 is 1.23 bits per heavy atom. The lowest BCUT2D eigenvalue weighted by Crippen LogP contribution is -2.25. The lowest BCUT2D eigenvalue weighted by atomic mass is 10.1. The van der Waals surface area contributed by atoms with Crippen molar-refractivity contribution in [1.82, 2.24) is 15.0 Å². The van der Waals surface area contributed by atoms with E-state index in [4.69, 9.17) is 10.8 Å². The van der Waals surface area contributed by atoms with Crippen LogP contribution in [0.3, 0.4) is 0 Å². The van der Waals surface area contributed by atoms with Gasteiger partial charge in [0.05, 0.1) is 5.71 Å². The molecule has 2 rings (SSSR count). The summed E-state index contributed by atoms with van der Waals surface area (Å²) in [5, 5.41) is 6.53. The van der Waals surface area contributed by atoms with Gasteiger partial charge in [-0.2, -0.15) is 5.10 Å². The van der Waals surface area contributed by atoms with E-state index in [2.05, 4.69) is 22.1 Å². The number of rotatable bonds is 4. The third kappa shape index (κ3) is 3.81. The van der Waals surface area contributed by atoms with Crippen molar-refractivity contribution < 1.29 is 0 Å². The van der Waals surface area contributed by atoms with Gasteiger partial charge >= 0.3 is 0 Å². The third-order valence-electron chi connectivity index (χ3n) is 3.45. The summed E-state index contributed by atoms with van der Waals surface area (Å²) < 4.78 is 0. The zero-order chi connectivity index (χ0) is 16.1. The molecule has 116 valence electrons. The van der Waals surface area contributed by atoms with Crippen molar-refractivity contribution in [1.29, 1.82) is 0 Å². The van der Waals surface area contributed by atoms with Gasteiger partial charge in [-0.25, -0.2) is 15.0 Å². The van der Waals surface area contributed by atoms with E-state index in [0.717, 1.165) is 41.2 Å². The van der Waals surface area contributed by atoms with Gasteiger partial charge in [0.15, 0.2) is 0 Å². The molecule has 0 aromatic carbocycles. The molecule has 1 heterocycles. The first-order chi connectivity index (χ1) is 10.5. The topological polar surface area (TPSA) is 67.4 Å². The van der Waals surface area contributed by atoms with Gasteiger partial charge in [-0.15, -0.1) is 0 Å². The minimum atomic E-state index is 0.661. The zero-order valence-corrected chi connectivity index (χ0v) is 13.7. The van der Waals surface area contributed by atoms with E-state index < -0.39 is 0 Å². The van der Waals surface area contributed by atoms with Crippen LogP contribution in [0.5, 0.6) is 0 Å². The summed E-state index contributed by atoms with van der Waals surface area (Å²) in [5.41, 5.74) is 10.1. The summed E-state index contributed by atoms with van der Waals surface area (Å²) in [5.74, 6) is 1.41. The molecule has 5 nitrogen and oxygen atoms in total. The first-order valence-corrected chi connectivity index (χ1v) is 7.42. The molecule has 0 unspecified atom stereocenters. The Hall–Kier alpha value is -2.43. The summed E-state index contributed by atoms with van der Waals surface area (Å²) in [6, 6.07) is 0. The van der Waals surface area contributed by atoms with Gasteiger partial charge in [0, 0.05) is 23.7 Å². The average Bonchev–Trinajstić information content (AvgIpc) is 2.53. The van der Waals surface area contributed by atoms with Crippen molar-refractivity contribution in [3.63, 3.8) is 0 Å². The molecule has 0 bridgehead atoms. The van der Waals surface area contributed by atoms with Gasteiger partial charge in [0.2, 0.25) is 0 Å². The molecule has 0 aliphatic heterocycles. The average molecular weight is 297 g/mol. The van der Waals surface area contributed by atoms with Crippen LogP contribution in [0.1, 0.15) is 45.0 Å². The van der Waals surface area contributed by atoms with Crippen molar-refractivity contribution in [2.75, 3.05) is 0 Å². The quantitative estimate of drug-likeness (QED) is 0.684. The smallest absolute Gasteiger partial charge is 0.125 e. The molecule has 1 aliphatic carbocycles. The maximum Gasteiger partial charge on any atom is 0.125 e. The molecular weight excluding hydrogens is 274 g/mol. The monoisotopic (exact) mass is 297 g/mol. The number of allylic oxidation sites excluding steroid dienone is 5. The van der Waals surface area contributed by atoms with Crippen LogP contribution in [0, 0.1) is 6.92 Å². The second-order valence-corrected chi connectivity index (χ2v) is 5.53. The van der Waals surface area contributed by atoms with Gasteiger partial charge in [0.25, 0.3) is 0 Å². The number of nitrogens with zero attached hydrogens (tertiary/aromatic N) is 4. The largest absolute Gasteiger partial charge is 0.384 e. The zero-order valence-electron chi connectivity index (χ0n) is 13.7. The highest BCUT2D eigenvalue weighted by Crippen LogP contribution is 2.22. The Kier molecular flexibility index (Phi) is 5.09. The van der Waals surface area contributed by atoms with Crippen molar-refractivity contribution in [2.45, 2.75) is 40.5 Å². The van der Waals surface area contributed by atoms with Crippen LogP contribution in [0.2, 0.25) is 0 Å². The van der Waals surface area contributed by atoms with Crippen LogP contribution in [0.4, 0.5) is 0 Å². The summed E-state index contributed by atoms with van der Waals surface area (Å²) >= 11 is 0. The molecule has 1 aromatic rings. The first kappa shape index (κ1) is 15.9. The summed E-state index contributed by atoms with van der Waals surface area (Å²) in [4.78, 5) is 8.44. The van der Waals surface area contributed by atoms with Gasteiger partial charge in [0.1, 0.15) is 11.6 Å². The third-order valence-corrected chi connectivity index (χ3v) is 3.45. The van der Waals surface area contributed by atoms with Crippen LogP contribution < -0.4 is 5.73 Å². The molecule has 0 spiro atoms. The van der Waals surface area contributed by atoms with E-state index in [1.165, 1.54) is 0 Å². The minimum absolute atomic E-state index is 0.661. The van der Waals surface area contributed by atoms with Crippen molar-refractivity contribution in [2.24, 2.45) is 10.8 Å². The van der Waals surface area contributed by atoms with Crippen LogP contribution >= 0.6 is 0 Å². The Labute approximate surface area is 132 Å². The standard InChI is InChI=1S/C17H23N5/c1-12(2)17(18)22(16-8-6-5-7-9-16)21-13(3)15-10-19-14(4)20-11-15/h5-6,8,10-11H,7,9,18H2,1-4H3/b21-13+. The highest BCUT2D eigenvalue weighted by molar-refractivity contribution is 5.98. The van der Waals surface area contributed by atoms with Crippen LogP contribution in [-0.2, 0) is 0 Å². The summed E-state index contributed by atoms with van der Waals surface area (Å²) in [6.45, 7) is 7.78. The Balaban J connectivity index is 2.39. The highest BCUT2D eigenvalue weighted by Gasteiger charge is 2.14. The van der Waals surface area contributed by atoms with E-state index >= 15 is 0 Å². The Bertz CT molecular complexity index is 646. The molecule has 0 saturated heterocycles. The van der Waals surface area contributed by atoms with Crippen molar-refractivity contribution in [3.05, 3.63) is 59.1 Å². The molecule has 0 atom stereocenters. The molecule has 22 heavy (non-hydrogen) atoms. The number of hydrogen-bond acceptors (Lipinski definition) is 5. The summed E-state index contributed by atoms with van der Waals surface area (Å²) in [7, 11) is 0. The molecule has 5 heteroatoms. The molecule has 2 N–H and O–H groups in total. The van der Waals surface area contributed by atoms with Gasteiger partial charge in [-0.3, -0.25) is 0 Å². The van der Waals surface area contributed by atoms with Crippen LogP contribution in [0.15, 0.2) is 52.8 Å². The predicted molar refractivity (Wildman–Crippen MR) is 89.8 cm³/mol. The van der Waals surface area contributed by atoms with E-state index in [0.29, 0.717) is 5.82 Å². The Morgan fingerprint density at radius 3 is 2.45 bits per heavy atom. The predicted octanol–water partition coefficient (Wildman–Crippen LogP) is 3.26. The second-order valence-electron chi connectivity index (χ2n) is 5.53. The maximum atomic E-state index is 6.24. The van der Waals surface area contributed by atoms with E-state index in [9.17, 15) is 0 Å². The number of aromatic nitrogens is 2. The van der Waals surface area contributed by atoms with Gasteiger partial charge < -0.3 is 5.73 Å². The van der Waals surface area contributed by atoms with E-state index in [1.54, 1.807) is 12.4 Å².